The Bertz CT molecular complexity index is 420. The quantitative estimate of drug-likeness (QED) is 0.837. The number of aromatic nitrogens is 2. The lowest BCUT2D eigenvalue weighted by molar-refractivity contribution is -0.122. The highest BCUT2D eigenvalue weighted by molar-refractivity contribution is 5.05. The van der Waals surface area contributed by atoms with E-state index in [2.05, 4.69) is 18.9 Å². The second kappa shape index (κ2) is 7.41. The van der Waals surface area contributed by atoms with Gasteiger partial charge in [-0.2, -0.15) is 5.10 Å². The van der Waals surface area contributed by atoms with Crippen LogP contribution in [0.3, 0.4) is 0 Å². The number of ether oxygens (including phenoxy) is 1. The van der Waals surface area contributed by atoms with Crippen LogP contribution in [0.25, 0.3) is 0 Å². The largest absolute Gasteiger partial charge is 0.390 e. The molecule has 1 aliphatic carbocycles. The first-order chi connectivity index (χ1) is 10.1. The highest BCUT2D eigenvalue weighted by Gasteiger charge is 2.39. The summed E-state index contributed by atoms with van der Waals surface area (Å²) < 4.78 is 7.77. The van der Waals surface area contributed by atoms with Gasteiger partial charge in [-0.15, -0.1) is 0 Å². The molecule has 1 atom stereocenters. The van der Waals surface area contributed by atoms with E-state index < -0.39 is 6.10 Å². The Balaban J connectivity index is 2.03. The zero-order valence-electron chi connectivity index (χ0n) is 13.7. The summed E-state index contributed by atoms with van der Waals surface area (Å²) in [6.07, 6.45) is 9.79. The topological polar surface area (TPSA) is 47.3 Å². The summed E-state index contributed by atoms with van der Waals surface area (Å²) in [5, 5.41) is 15.3. The minimum absolute atomic E-state index is 0.364. The molecule has 0 saturated heterocycles. The molecule has 1 aliphatic rings. The van der Waals surface area contributed by atoms with Gasteiger partial charge in [0.1, 0.15) is 0 Å². The second-order valence-electron chi connectivity index (χ2n) is 6.31. The van der Waals surface area contributed by atoms with Crippen LogP contribution >= 0.6 is 0 Å². The Morgan fingerprint density at radius 3 is 2.52 bits per heavy atom. The van der Waals surface area contributed by atoms with Crippen LogP contribution in [-0.2, 0) is 11.2 Å². The fraction of sp³-hybridized carbons (Fsp3) is 0.824. The van der Waals surface area contributed by atoms with Gasteiger partial charge in [-0.1, -0.05) is 33.1 Å². The predicted octanol–water partition coefficient (Wildman–Crippen LogP) is 3.50. The first kappa shape index (κ1) is 16.5. The minimum Gasteiger partial charge on any atom is -0.390 e. The Morgan fingerprint density at radius 1 is 1.29 bits per heavy atom. The molecule has 1 aromatic rings. The third kappa shape index (κ3) is 3.67. The van der Waals surface area contributed by atoms with E-state index in [9.17, 15) is 5.11 Å². The maximum atomic E-state index is 10.7. The van der Waals surface area contributed by atoms with Gasteiger partial charge in [0.05, 0.1) is 23.4 Å². The summed E-state index contributed by atoms with van der Waals surface area (Å²) in [4.78, 5) is 0. The lowest BCUT2D eigenvalue weighted by Crippen LogP contribution is -2.47. The fourth-order valence-corrected chi connectivity index (χ4v) is 3.56. The van der Waals surface area contributed by atoms with E-state index >= 15 is 0 Å². The maximum absolute atomic E-state index is 10.7. The third-order valence-corrected chi connectivity index (χ3v) is 5.10. The summed E-state index contributed by atoms with van der Waals surface area (Å²) in [6.45, 7) is 4.37. The van der Waals surface area contributed by atoms with E-state index in [0.717, 1.165) is 44.2 Å². The molecule has 0 amide bonds. The predicted molar refractivity (Wildman–Crippen MR) is 84.4 cm³/mol. The molecule has 0 aromatic carbocycles. The van der Waals surface area contributed by atoms with Crippen molar-refractivity contribution >= 4 is 0 Å². The molecule has 2 rings (SSSR count). The highest BCUT2D eigenvalue weighted by Crippen LogP contribution is 2.35. The van der Waals surface area contributed by atoms with Crippen LogP contribution in [0.1, 0.15) is 70.5 Å². The Labute approximate surface area is 128 Å². The smallest absolute Gasteiger partial charge is 0.0940 e. The molecule has 1 fully saturated rings. The first-order valence-electron chi connectivity index (χ1n) is 8.42. The van der Waals surface area contributed by atoms with Gasteiger partial charge in [0.2, 0.25) is 0 Å². The second-order valence-corrected chi connectivity index (χ2v) is 6.31. The van der Waals surface area contributed by atoms with Gasteiger partial charge >= 0.3 is 0 Å². The molecular weight excluding hydrogens is 264 g/mol. The molecule has 1 N–H and O–H groups in total. The summed E-state index contributed by atoms with van der Waals surface area (Å²) in [6, 6.07) is 2.50. The van der Waals surface area contributed by atoms with Gasteiger partial charge in [0, 0.05) is 19.7 Å². The standard InChI is InChI=1S/C17H30N2O2/c1-4-15(5-2)19-12-9-14(18-19)13-16(20)17(21-3)10-7-6-8-11-17/h9,12,15-16,20H,4-8,10-11,13H2,1-3H3. The van der Waals surface area contributed by atoms with Gasteiger partial charge in [0.25, 0.3) is 0 Å². The molecule has 1 aromatic heterocycles. The van der Waals surface area contributed by atoms with Crippen LogP contribution < -0.4 is 0 Å². The SMILES string of the molecule is CCC(CC)n1ccc(CC(O)C2(OC)CCCCC2)n1. The van der Waals surface area contributed by atoms with Crippen molar-refractivity contribution in [1.29, 1.82) is 0 Å². The third-order valence-electron chi connectivity index (χ3n) is 5.10. The van der Waals surface area contributed by atoms with E-state index in [1.807, 2.05) is 16.9 Å². The van der Waals surface area contributed by atoms with Gasteiger partial charge in [-0.3, -0.25) is 4.68 Å². The van der Waals surface area contributed by atoms with Crippen molar-refractivity contribution in [1.82, 2.24) is 9.78 Å². The molecule has 21 heavy (non-hydrogen) atoms. The Kier molecular flexibility index (Phi) is 5.82. The minimum atomic E-state index is -0.465. The van der Waals surface area contributed by atoms with Gasteiger partial charge < -0.3 is 9.84 Å². The average molecular weight is 294 g/mol. The van der Waals surface area contributed by atoms with Crippen LogP contribution in [0.2, 0.25) is 0 Å². The molecule has 4 nitrogen and oxygen atoms in total. The molecule has 1 heterocycles. The monoisotopic (exact) mass is 294 g/mol. The summed E-state index contributed by atoms with van der Waals surface area (Å²) in [5.74, 6) is 0. The number of aliphatic hydroxyl groups excluding tert-OH is 1. The van der Waals surface area contributed by atoms with Crippen molar-refractivity contribution in [2.75, 3.05) is 7.11 Å². The molecule has 0 radical (unpaired) electrons. The van der Waals surface area contributed by atoms with E-state index in [-0.39, 0.29) is 5.60 Å². The van der Waals surface area contributed by atoms with Gasteiger partial charge in [0.15, 0.2) is 0 Å². The van der Waals surface area contributed by atoms with Crippen molar-refractivity contribution in [2.45, 2.75) is 83.0 Å². The molecule has 1 saturated carbocycles. The Hall–Kier alpha value is -0.870. The normalized spacial score (nSPS) is 19.9. The lowest BCUT2D eigenvalue weighted by Gasteiger charge is -2.39. The molecular formula is C17H30N2O2. The molecule has 0 bridgehead atoms. The number of hydrogen-bond acceptors (Lipinski definition) is 3. The van der Waals surface area contributed by atoms with Crippen LogP contribution in [0.5, 0.6) is 0 Å². The van der Waals surface area contributed by atoms with Crippen LogP contribution in [0.4, 0.5) is 0 Å². The molecule has 4 heteroatoms. The first-order valence-corrected chi connectivity index (χ1v) is 8.42. The molecule has 120 valence electrons. The van der Waals surface area contributed by atoms with Crippen molar-refractivity contribution < 1.29 is 9.84 Å². The van der Waals surface area contributed by atoms with Crippen molar-refractivity contribution in [2.24, 2.45) is 0 Å². The lowest BCUT2D eigenvalue weighted by atomic mass is 9.79. The highest BCUT2D eigenvalue weighted by atomic mass is 16.5. The summed E-state index contributed by atoms with van der Waals surface area (Å²) >= 11 is 0. The van der Waals surface area contributed by atoms with Crippen molar-refractivity contribution in [3.8, 4) is 0 Å². The number of rotatable bonds is 7. The molecule has 0 aliphatic heterocycles. The van der Waals surface area contributed by atoms with E-state index in [4.69, 9.17) is 4.74 Å². The van der Waals surface area contributed by atoms with Crippen LogP contribution in [0.15, 0.2) is 12.3 Å². The average Bonchev–Trinajstić information content (AvgIpc) is 2.97. The summed E-state index contributed by atoms with van der Waals surface area (Å²) in [5.41, 5.74) is 0.605. The number of aliphatic hydroxyl groups is 1. The van der Waals surface area contributed by atoms with Crippen LogP contribution in [-0.4, -0.2) is 33.7 Å². The summed E-state index contributed by atoms with van der Waals surface area (Å²) in [7, 11) is 1.73. The van der Waals surface area contributed by atoms with E-state index in [0.29, 0.717) is 12.5 Å². The number of hydrogen-bond donors (Lipinski definition) is 1. The number of nitrogens with zero attached hydrogens (tertiary/aromatic N) is 2. The zero-order valence-corrected chi connectivity index (χ0v) is 13.7. The van der Waals surface area contributed by atoms with E-state index in [1.54, 1.807) is 7.11 Å². The maximum Gasteiger partial charge on any atom is 0.0940 e. The zero-order chi connectivity index (χ0) is 15.3. The van der Waals surface area contributed by atoms with Crippen LogP contribution in [0, 0.1) is 0 Å². The molecule has 1 unspecified atom stereocenters. The molecule has 0 spiro atoms. The van der Waals surface area contributed by atoms with Gasteiger partial charge in [-0.25, -0.2) is 0 Å². The van der Waals surface area contributed by atoms with Gasteiger partial charge in [-0.05, 0) is 31.7 Å². The number of methoxy groups -OCH3 is 1. The van der Waals surface area contributed by atoms with Crippen molar-refractivity contribution in [3.63, 3.8) is 0 Å². The Morgan fingerprint density at radius 2 is 1.95 bits per heavy atom. The van der Waals surface area contributed by atoms with Crippen molar-refractivity contribution in [3.05, 3.63) is 18.0 Å². The van der Waals surface area contributed by atoms with E-state index in [1.165, 1.54) is 6.42 Å². The fourth-order valence-electron chi connectivity index (χ4n) is 3.56.